The van der Waals surface area contributed by atoms with Crippen molar-refractivity contribution in [3.05, 3.63) is 107 Å². The van der Waals surface area contributed by atoms with E-state index in [4.69, 9.17) is 4.74 Å². The van der Waals surface area contributed by atoms with E-state index in [0.717, 1.165) is 6.42 Å². The Balaban J connectivity index is 1.45. The van der Waals surface area contributed by atoms with Gasteiger partial charge in [-0.25, -0.2) is 4.79 Å². The molecule has 0 spiro atoms. The summed E-state index contributed by atoms with van der Waals surface area (Å²) in [5.41, 5.74) is 6.32. The molecule has 1 atom stereocenters. The van der Waals surface area contributed by atoms with Crippen LogP contribution in [0.3, 0.4) is 0 Å². The summed E-state index contributed by atoms with van der Waals surface area (Å²) >= 11 is 0. The highest BCUT2D eigenvalue weighted by molar-refractivity contribution is 5.89. The predicted octanol–water partition coefficient (Wildman–Crippen LogP) is 5.14. The van der Waals surface area contributed by atoms with Gasteiger partial charge in [0.05, 0.1) is 12.2 Å². The van der Waals surface area contributed by atoms with E-state index in [2.05, 4.69) is 48.5 Å². The van der Waals surface area contributed by atoms with Crippen LogP contribution in [0, 0.1) is 5.92 Å². The molecule has 2 heteroatoms. The van der Waals surface area contributed by atoms with Crippen LogP contribution in [-0.4, -0.2) is 12.6 Å². The summed E-state index contributed by atoms with van der Waals surface area (Å²) < 4.78 is 5.71. The average molecular weight is 340 g/mol. The van der Waals surface area contributed by atoms with Gasteiger partial charge < -0.3 is 4.74 Å². The topological polar surface area (TPSA) is 26.3 Å². The lowest BCUT2D eigenvalue weighted by Gasteiger charge is -2.45. The largest absolute Gasteiger partial charge is 0.462 e. The smallest absolute Gasteiger partial charge is 0.338 e. The molecule has 0 N–H and O–H groups in total. The van der Waals surface area contributed by atoms with Crippen molar-refractivity contribution < 1.29 is 9.53 Å². The lowest BCUT2D eigenvalue weighted by Crippen LogP contribution is -2.34. The monoisotopic (exact) mass is 340 g/mol. The molecule has 26 heavy (non-hydrogen) atoms. The molecule has 3 aliphatic rings. The van der Waals surface area contributed by atoms with Crippen LogP contribution in [0.2, 0.25) is 0 Å². The molecule has 0 saturated carbocycles. The van der Waals surface area contributed by atoms with Crippen molar-refractivity contribution in [1.29, 1.82) is 0 Å². The third-order valence-corrected chi connectivity index (χ3v) is 5.86. The van der Waals surface area contributed by atoms with Crippen molar-refractivity contribution in [1.82, 2.24) is 0 Å². The molecule has 3 aliphatic carbocycles. The second kappa shape index (κ2) is 6.14. The van der Waals surface area contributed by atoms with Crippen LogP contribution in [0.5, 0.6) is 0 Å². The number of hydrogen-bond donors (Lipinski definition) is 0. The van der Waals surface area contributed by atoms with Crippen molar-refractivity contribution in [2.45, 2.75) is 18.3 Å². The van der Waals surface area contributed by atoms with Gasteiger partial charge in [0.1, 0.15) is 0 Å². The normalized spacial score (nSPS) is 22.4. The highest BCUT2D eigenvalue weighted by atomic mass is 16.5. The van der Waals surface area contributed by atoms with Crippen LogP contribution in [0.25, 0.3) is 0 Å². The van der Waals surface area contributed by atoms with E-state index < -0.39 is 0 Å². The van der Waals surface area contributed by atoms with E-state index in [9.17, 15) is 4.79 Å². The van der Waals surface area contributed by atoms with Gasteiger partial charge >= 0.3 is 5.97 Å². The molecule has 0 amide bonds. The number of benzene rings is 3. The first-order valence-electron chi connectivity index (χ1n) is 9.23. The molecule has 0 radical (unpaired) electrons. The Bertz CT molecular complexity index is 913. The van der Waals surface area contributed by atoms with Gasteiger partial charge in [-0.05, 0) is 40.8 Å². The van der Waals surface area contributed by atoms with Gasteiger partial charge in [0, 0.05) is 17.8 Å². The lowest BCUT2D eigenvalue weighted by atomic mass is 9.59. The Morgan fingerprint density at radius 2 is 1.31 bits per heavy atom. The maximum absolute atomic E-state index is 12.4. The minimum Gasteiger partial charge on any atom is -0.462 e. The van der Waals surface area contributed by atoms with Crippen LogP contribution < -0.4 is 0 Å². The first kappa shape index (κ1) is 15.4. The third kappa shape index (κ3) is 2.37. The molecule has 0 unspecified atom stereocenters. The molecule has 2 bridgehead atoms. The summed E-state index contributed by atoms with van der Waals surface area (Å²) in [5, 5.41) is 0. The highest BCUT2D eigenvalue weighted by Crippen LogP contribution is 2.55. The summed E-state index contributed by atoms with van der Waals surface area (Å²) in [7, 11) is 0. The fourth-order valence-electron chi connectivity index (χ4n) is 4.76. The van der Waals surface area contributed by atoms with E-state index in [1.807, 2.05) is 18.2 Å². The maximum atomic E-state index is 12.4. The van der Waals surface area contributed by atoms with Crippen LogP contribution >= 0.6 is 0 Å². The molecule has 6 rings (SSSR count). The molecule has 0 heterocycles. The van der Waals surface area contributed by atoms with Crippen molar-refractivity contribution in [2.75, 3.05) is 6.61 Å². The summed E-state index contributed by atoms with van der Waals surface area (Å²) in [5.74, 6) is 0.829. The second-order valence-electron chi connectivity index (χ2n) is 7.25. The fourth-order valence-corrected chi connectivity index (χ4v) is 4.76. The van der Waals surface area contributed by atoms with E-state index >= 15 is 0 Å². The maximum Gasteiger partial charge on any atom is 0.338 e. The molecule has 0 saturated heterocycles. The highest BCUT2D eigenvalue weighted by Gasteiger charge is 2.43. The van der Waals surface area contributed by atoms with Gasteiger partial charge in [0.25, 0.3) is 0 Å². The Hall–Kier alpha value is -2.87. The lowest BCUT2D eigenvalue weighted by molar-refractivity contribution is 0.0404. The molecule has 3 aromatic rings. The van der Waals surface area contributed by atoms with Gasteiger partial charge in [-0.3, -0.25) is 0 Å². The number of carbonyl (C=O) groups excluding carboxylic acids is 1. The zero-order valence-corrected chi connectivity index (χ0v) is 14.5. The van der Waals surface area contributed by atoms with E-state index in [-0.39, 0.29) is 5.97 Å². The Morgan fingerprint density at radius 3 is 1.92 bits per heavy atom. The SMILES string of the molecule is O=C(OC[C@H]1CC2c3ccccc3C1c1ccccc12)c1ccccc1. The Kier molecular flexibility index (Phi) is 3.63. The van der Waals surface area contributed by atoms with Gasteiger partial charge in [-0.2, -0.15) is 0 Å². The number of fused-ring (bicyclic) bond motifs is 1. The second-order valence-corrected chi connectivity index (χ2v) is 7.25. The van der Waals surface area contributed by atoms with Crippen molar-refractivity contribution in [3.63, 3.8) is 0 Å². The molecular weight excluding hydrogens is 320 g/mol. The van der Waals surface area contributed by atoms with Gasteiger partial charge in [-0.15, -0.1) is 0 Å². The minimum absolute atomic E-state index is 0.228. The number of esters is 1. The Morgan fingerprint density at radius 1 is 0.769 bits per heavy atom. The van der Waals surface area contributed by atoms with E-state index in [0.29, 0.717) is 29.9 Å². The van der Waals surface area contributed by atoms with Crippen LogP contribution in [0.15, 0.2) is 78.9 Å². The average Bonchev–Trinajstić information content (AvgIpc) is 2.73. The molecule has 2 nitrogen and oxygen atoms in total. The zero-order valence-electron chi connectivity index (χ0n) is 14.5. The van der Waals surface area contributed by atoms with Crippen molar-refractivity contribution in [2.24, 2.45) is 5.92 Å². The minimum atomic E-state index is -0.228. The summed E-state index contributed by atoms with van der Waals surface area (Å²) in [6.07, 6.45) is 1.04. The van der Waals surface area contributed by atoms with Crippen LogP contribution in [0.4, 0.5) is 0 Å². The van der Waals surface area contributed by atoms with Gasteiger partial charge in [0.2, 0.25) is 0 Å². The first-order chi connectivity index (χ1) is 12.8. The van der Waals surface area contributed by atoms with Crippen molar-refractivity contribution in [3.8, 4) is 0 Å². The first-order valence-corrected chi connectivity index (χ1v) is 9.23. The number of rotatable bonds is 3. The standard InChI is InChI=1S/C24H20O2/c25-24(16-8-2-1-3-9-16)26-15-17-14-22-18-10-4-6-12-20(18)23(17)21-13-7-5-11-19(21)22/h1-13,17,22-23H,14-15H2/t17-,22?,23?/m1/s1. The third-order valence-electron chi connectivity index (χ3n) is 5.86. The predicted molar refractivity (Wildman–Crippen MR) is 101 cm³/mol. The van der Waals surface area contributed by atoms with Crippen LogP contribution in [-0.2, 0) is 4.74 Å². The molecule has 0 aliphatic heterocycles. The number of hydrogen-bond acceptors (Lipinski definition) is 2. The molecule has 128 valence electrons. The van der Waals surface area contributed by atoms with Crippen LogP contribution in [0.1, 0.15) is 50.9 Å². The Labute approximate surface area is 153 Å². The zero-order chi connectivity index (χ0) is 17.5. The summed E-state index contributed by atoms with van der Waals surface area (Å²) in [6, 6.07) is 26.8. The van der Waals surface area contributed by atoms with E-state index in [1.54, 1.807) is 12.1 Å². The van der Waals surface area contributed by atoms with Crippen molar-refractivity contribution >= 4 is 5.97 Å². The summed E-state index contributed by atoms with van der Waals surface area (Å²) in [4.78, 5) is 12.4. The van der Waals surface area contributed by atoms with Gasteiger partial charge in [-0.1, -0.05) is 66.7 Å². The molecule has 0 fully saturated rings. The molecule has 0 aromatic heterocycles. The molecular formula is C24H20O2. The van der Waals surface area contributed by atoms with E-state index in [1.165, 1.54) is 22.3 Å². The summed E-state index contributed by atoms with van der Waals surface area (Å²) in [6.45, 7) is 0.470. The number of carbonyl (C=O) groups is 1. The number of ether oxygens (including phenoxy) is 1. The quantitative estimate of drug-likeness (QED) is 0.617. The fraction of sp³-hybridized carbons (Fsp3) is 0.208. The molecule has 3 aromatic carbocycles. The van der Waals surface area contributed by atoms with Gasteiger partial charge in [0.15, 0.2) is 0 Å².